The van der Waals surface area contributed by atoms with Gasteiger partial charge >= 0.3 is 6.09 Å². The Kier molecular flexibility index (Phi) is 5.31. The maximum atomic E-state index is 12.4. The van der Waals surface area contributed by atoms with Gasteiger partial charge in [0.05, 0.1) is 13.7 Å². The highest BCUT2D eigenvalue weighted by Gasteiger charge is 2.21. The molecule has 6 nitrogen and oxygen atoms in total. The predicted molar refractivity (Wildman–Crippen MR) is 99.2 cm³/mol. The van der Waals surface area contributed by atoms with Gasteiger partial charge in [-0.15, -0.1) is 9.78 Å². The van der Waals surface area contributed by atoms with Crippen molar-refractivity contribution in [3.63, 3.8) is 0 Å². The summed E-state index contributed by atoms with van der Waals surface area (Å²) in [6, 6.07) is 15.3. The van der Waals surface area contributed by atoms with Crippen molar-refractivity contribution in [2.75, 3.05) is 13.7 Å². The molecule has 0 N–H and O–H groups in total. The van der Waals surface area contributed by atoms with Crippen molar-refractivity contribution in [3.05, 3.63) is 54.1 Å². The zero-order chi connectivity index (χ0) is 18.5. The Balaban J connectivity index is 2.16. The van der Waals surface area contributed by atoms with E-state index in [4.69, 9.17) is 9.47 Å². The molecule has 0 bridgehead atoms. The highest BCUT2D eigenvalue weighted by Crippen LogP contribution is 2.27. The molecule has 0 unspecified atom stereocenters. The van der Waals surface area contributed by atoms with E-state index in [0.717, 1.165) is 23.1 Å². The fourth-order valence-corrected chi connectivity index (χ4v) is 2.73. The van der Waals surface area contributed by atoms with Crippen LogP contribution in [0.4, 0.5) is 4.79 Å². The fourth-order valence-electron chi connectivity index (χ4n) is 2.73. The minimum absolute atomic E-state index is 0.266. The molecule has 0 fully saturated rings. The molecule has 0 saturated carbocycles. The standard InChI is InChI=1S/C20H21N3O3/c1-4-14-9-6-7-12-17(14)19-21-18(22-23(19)20(24)26-5-2)15-10-8-11-16(13-15)25-3/h6-13H,4-5H2,1-3H3. The van der Waals surface area contributed by atoms with Gasteiger partial charge in [0.1, 0.15) is 5.75 Å². The lowest BCUT2D eigenvalue weighted by atomic mass is 10.0. The molecule has 26 heavy (non-hydrogen) atoms. The SMILES string of the molecule is CCOC(=O)n1nc(-c2cccc(OC)c2)nc1-c1ccccc1CC. The first kappa shape index (κ1) is 17.7. The molecule has 0 spiro atoms. The van der Waals surface area contributed by atoms with E-state index in [-0.39, 0.29) is 6.61 Å². The summed E-state index contributed by atoms with van der Waals surface area (Å²) < 4.78 is 11.7. The Hall–Kier alpha value is -3.15. The van der Waals surface area contributed by atoms with Crippen LogP contribution in [0.5, 0.6) is 5.75 Å². The molecule has 0 saturated heterocycles. The number of hydrogen-bond acceptors (Lipinski definition) is 5. The molecule has 1 heterocycles. The van der Waals surface area contributed by atoms with Gasteiger partial charge in [-0.25, -0.2) is 9.78 Å². The van der Waals surface area contributed by atoms with Gasteiger partial charge in [-0.1, -0.05) is 43.3 Å². The van der Waals surface area contributed by atoms with E-state index in [1.807, 2.05) is 48.5 Å². The molecule has 134 valence electrons. The van der Waals surface area contributed by atoms with Gasteiger partial charge in [-0.2, -0.15) is 0 Å². The summed E-state index contributed by atoms with van der Waals surface area (Å²) in [7, 11) is 1.60. The van der Waals surface area contributed by atoms with Crippen LogP contribution in [0.3, 0.4) is 0 Å². The van der Waals surface area contributed by atoms with Crippen LogP contribution >= 0.6 is 0 Å². The molecule has 0 atom stereocenters. The lowest BCUT2D eigenvalue weighted by Crippen LogP contribution is -2.16. The Bertz CT molecular complexity index is 918. The topological polar surface area (TPSA) is 66.2 Å². The van der Waals surface area contributed by atoms with E-state index in [0.29, 0.717) is 17.4 Å². The lowest BCUT2D eigenvalue weighted by Gasteiger charge is -2.08. The zero-order valence-corrected chi connectivity index (χ0v) is 15.1. The van der Waals surface area contributed by atoms with Crippen LogP contribution in [0, 0.1) is 0 Å². The molecule has 0 aliphatic heterocycles. The predicted octanol–water partition coefficient (Wildman–Crippen LogP) is 4.19. The summed E-state index contributed by atoms with van der Waals surface area (Å²) in [5.74, 6) is 1.61. The number of methoxy groups -OCH3 is 1. The summed E-state index contributed by atoms with van der Waals surface area (Å²) in [5.41, 5.74) is 2.72. The van der Waals surface area contributed by atoms with Crippen molar-refractivity contribution < 1.29 is 14.3 Å². The second kappa shape index (κ2) is 7.82. The number of carbonyl (C=O) groups is 1. The van der Waals surface area contributed by atoms with E-state index in [1.54, 1.807) is 14.0 Å². The van der Waals surface area contributed by atoms with Crippen molar-refractivity contribution in [3.8, 4) is 28.5 Å². The van der Waals surface area contributed by atoms with Gasteiger partial charge in [0.25, 0.3) is 0 Å². The van der Waals surface area contributed by atoms with Crippen LogP contribution in [0.15, 0.2) is 48.5 Å². The van der Waals surface area contributed by atoms with Gasteiger partial charge in [0.2, 0.25) is 0 Å². The summed E-state index contributed by atoms with van der Waals surface area (Å²) in [5, 5.41) is 4.40. The molecule has 1 aromatic heterocycles. The van der Waals surface area contributed by atoms with Crippen molar-refractivity contribution in [2.45, 2.75) is 20.3 Å². The van der Waals surface area contributed by atoms with Gasteiger partial charge in [-0.05, 0) is 31.0 Å². The third kappa shape index (κ3) is 3.44. The first-order valence-corrected chi connectivity index (χ1v) is 8.54. The van der Waals surface area contributed by atoms with E-state index in [1.165, 1.54) is 4.68 Å². The molecular formula is C20H21N3O3. The Morgan fingerprint density at radius 2 is 1.92 bits per heavy atom. The minimum Gasteiger partial charge on any atom is -0.497 e. The van der Waals surface area contributed by atoms with Crippen LogP contribution in [0.25, 0.3) is 22.8 Å². The number of ether oxygens (including phenoxy) is 2. The Morgan fingerprint density at radius 1 is 1.12 bits per heavy atom. The molecule has 3 rings (SSSR count). The highest BCUT2D eigenvalue weighted by molar-refractivity contribution is 5.78. The van der Waals surface area contributed by atoms with Crippen molar-refractivity contribution in [1.29, 1.82) is 0 Å². The fraction of sp³-hybridized carbons (Fsp3) is 0.250. The van der Waals surface area contributed by atoms with E-state index in [9.17, 15) is 4.79 Å². The molecule has 3 aromatic rings. The molecule has 2 aromatic carbocycles. The molecule has 6 heteroatoms. The number of aromatic nitrogens is 3. The number of aryl methyl sites for hydroxylation is 1. The van der Waals surface area contributed by atoms with Crippen LogP contribution in [-0.2, 0) is 11.2 Å². The molecule has 0 aliphatic carbocycles. The largest absolute Gasteiger partial charge is 0.497 e. The van der Waals surface area contributed by atoms with Crippen molar-refractivity contribution in [1.82, 2.24) is 14.8 Å². The second-order valence-corrected chi connectivity index (χ2v) is 5.61. The third-order valence-electron chi connectivity index (χ3n) is 4.02. The van der Waals surface area contributed by atoms with Crippen LogP contribution in [0.1, 0.15) is 19.4 Å². The minimum atomic E-state index is -0.546. The number of rotatable bonds is 5. The average Bonchev–Trinajstić information content (AvgIpc) is 3.13. The summed E-state index contributed by atoms with van der Waals surface area (Å²) in [6.45, 7) is 4.09. The number of nitrogens with zero attached hydrogens (tertiary/aromatic N) is 3. The maximum Gasteiger partial charge on any atom is 0.436 e. The quantitative estimate of drug-likeness (QED) is 0.689. The highest BCUT2D eigenvalue weighted by atomic mass is 16.6. The Morgan fingerprint density at radius 3 is 2.65 bits per heavy atom. The van der Waals surface area contributed by atoms with E-state index >= 15 is 0 Å². The normalized spacial score (nSPS) is 10.6. The maximum absolute atomic E-state index is 12.4. The molecule has 0 aliphatic rings. The smallest absolute Gasteiger partial charge is 0.436 e. The van der Waals surface area contributed by atoms with E-state index < -0.39 is 6.09 Å². The summed E-state index contributed by atoms with van der Waals surface area (Å²) in [6.07, 6.45) is 0.274. The van der Waals surface area contributed by atoms with Crippen LogP contribution in [0.2, 0.25) is 0 Å². The number of hydrogen-bond donors (Lipinski definition) is 0. The first-order valence-electron chi connectivity index (χ1n) is 8.54. The summed E-state index contributed by atoms with van der Waals surface area (Å²) >= 11 is 0. The Labute approximate surface area is 152 Å². The van der Waals surface area contributed by atoms with Gasteiger partial charge in [0, 0.05) is 11.1 Å². The molecule has 0 amide bonds. The van der Waals surface area contributed by atoms with Gasteiger partial charge in [0.15, 0.2) is 11.6 Å². The van der Waals surface area contributed by atoms with Crippen molar-refractivity contribution >= 4 is 6.09 Å². The number of carbonyl (C=O) groups excluding carboxylic acids is 1. The van der Waals surface area contributed by atoms with Gasteiger partial charge < -0.3 is 9.47 Å². The van der Waals surface area contributed by atoms with Crippen LogP contribution < -0.4 is 4.74 Å². The number of benzene rings is 2. The summed E-state index contributed by atoms with van der Waals surface area (Å²) in [4.78, 5) is 17.1. The van der Waals surface area contributed by atoms with E-state index in [2.05, 4.69) is 17.0 Å². The molecule has 0 radical (unpaired) electrons. The monoisotopic (exact) mass is 351 g/mol. The van der Waals surface area contributed by atoms with Crippen LogP contribution in [-0.4, -0.2) is 34.6 Å². The third-order valence-corrected chi connectivity index (χ3v) is 4.02. The lowest BCUT2D eigenvalue weighted by molar-refractivity contribution is 0.151. The average molecular weight is 351 g/mol. The van der Waals surface area contributed by atoms with Gasteiger partial charge in [-0.3, -0.25) is 0 Å². The second-order valence-electron chi connectivity index (χ2n) is 5.61. The molecular weight excluding hydrogens is 330 g/mol. The van der Waals surface area contributed by atoms with Crippen molar-refractivity contribution in [2.24, 2.45) is 0 Å². The first-order chi connectivity index (χ1) is 12.7. The zero-order valence-electron chi connectivity index (χ0n) is 15.1.